The number of carbonyl (C=O) groups is 1. The average molecular weight is 270 g/mol. The van der Waals surface area contributed by atoms with E-state index in [-0.39, 0.29) is 11.3 Å². The van der Waals surface area contributed by atoms with Crippen molar-refractivity contribution in [3.8, 4) is 11.5 Å². The third-order valence-corrected chi connectivity index (χ3v) is 2.61. The number of methoxy groups -OCH3 is 2. The summed E-state index contributed by atoms with van der Waals surface area (Å²) in [4.78, 5) is 11.8. The van der Waals surface area contributed by atoms with E-state index < -0.39 is 11.7 Å². The smallest absolute Gasteiger partial charge is 0.254 e. The fourth-order valence-corrected chi connectivity index (χ4v) is 1.59. The quantitative estimate of drug-likeness (QED) is 0.731. The molecule has 6 heteroatoms. The highest BCUT2D eigenvalue weighted by Crippen LogP contribution is 2.29. The second kappa shape index (κ2) is 7.58. The monoisotopic (exact) mass is 270 g/mol. The van der Waals surface area contributed by atoms with E-state index in [4.69, 9.17) is 9.47 Å². The predicted molar refractivity (Wildman–Crippen MR) is 70.4 cm³/mol. The number of nitrogens with one attached hydrogen (secondary N) is 2. The molecule has 1 aromatic rings. The molecule has 106 valence electrons. The Hall–Kier alpha value is -1.82. The third-order valence-electron chi connectivity index (χ3n) is 2.61. The summed E-state index contributed by atoms with van der Waals surface area (Å²) in [7, 11) is 4.68. The highest BCUT2D eigenvalue weighted by atomic mass is 19.1. The summed E-state index contributed by atoms with van der Waals surface area (Å²) in [6.07, 6.45) is 0.775. The second-order valence-electron chi connectivity index (χ2n) is 3.90. The molecule has 0 spiro atoms. The molecular weight excluding hydrogens is 251 g/mol. The van der Waals surface area contributed by atoms with Gasteiger partial charge in [-0.2, -0.15) is 0 Å². The summed E-state index contributed by atoms with van der Waals surface area (Å²) in [5, 5.41) is 5.61. The molecule has 0 aliphatic carbocycles. The van der Waals surface area contributed by atoms with Crippen molar-refractivity contribution < 1.29 is 18.7 Å². The van der Waals surface area contributed by atoms with Gasteiger partial charge in [0.15, 0.2) is 11.5 Å². The van der Waals surface area contributed by atoms with Gasteiger partial charge in [0.1, 0.15) is 5.82 Å². The standard InChI is InChI=1S/C13H19FN2O3/c1-15-5-4-6-16-13(17)9-7-11(18-2)12(19-3)8-10(9)14/h7-8,15H,4-6H2,1-3H3,(H,16,17). The van der Waals surface area contributed by atoms with E-state index in [9.17, 15) is 9.18 Å². The molecule has 0 aliphatic heterocycles. The fraction of sp³-hybridized carbons (Fsp3) is 0.462. The largest absolute Gasteiger partial charge is 0.493 e. The van der Waals surface area contributed by atoms with Crippen molar-refractivity contribution in [1.29, 1.82) is 0 Å². The van der Waals surface area contributed by atoms with Gasteiger partial charge in [0.25, 0.3) is 5.91 Å². The van der Waals surface area contributed by atoms with E-state index >= 15 is 0 Å². The number of hydrogen-bond donors (Lipinski definition) is 2. The maximum atomic E-state index is 13.8. The summed E-state index contributed by atoms with van der Waals surface area (Å²) < 4.78 is 23.8. The Morgan fingerprint density at radius 1 is 1.21 bits per heavy atom. The second-order valence-corrected chi connectivity index (χ2v) is 3.90. The Kier molecular flexibility index (Phi) is 6.08. The molecule has 1 amide bonds. The molecule has 0 atom stereocenters. The first-order valence-corrected chi connectivity index (χ1v) is 5.98. The van der Waals surface area contributed by atoms with Crippen molar-refractivity contribution in [2.75, 3.05) is 34.4 Å². The first kappa shape index (κ1) is 15.2. The molecule has 0 saturated carbocycles. The van der Waals surface area contributed by atoms with Crippen LogP contribution in [0.3, 0.4) is 0 Å². The topological polar surface area (TPSA) is 59.6 Å². The zero-order chi connectivity index (χ0) is 14.3. The van der Waals surface area contributed by atoms with Gasteiger partial charge < -0.3 is 20.1 Å². The van der Waals surface area contributed by atoms with Gasteiger partial charge in [-0.15, -0.1) is 0 Å². The lowest BCUT2D eigenvalue weighted by Gasteiger charge is -2.11. The van der Waals surface area contributed by atoms with Gasteiger partial charge in [-0.1, -0.05) is 0 Å². The molecule has 0 saturated heterocycles. The molecule has 0 aromatic heterocycles. The van der Waals surface area contributed by atoms with Gasteiger partial charge in [0.05, 0.1) is 19.8 Å². The van der Waals surface area contributed by atoms with Gasteiger partial charge in [0, 0.05) is 12.6 Å². The number of halogens is 1. The minimum Gasteiger partial charge on any atom is -0.493 e. The van der Waals surface area contributed by atoms with Crippen molar-refractivity contribution in [2.45, 2.75) is 6.42 Å². The summed E-state index contributed by atoms with van der Waals surface area (Å²) in [5.41, 5.74) is -0.0536. The van der Waals surface area contributed by atoms with Crippen LogP contribution in [0.25, 0.3) is 0 Å². The Morgan fingerprint density at radius 2 is 1.84 bits per heavy atom. The zero-order valence-corrected chi connectivity index (χ0v) is 11.4. The van der Waals surface area contributed by atoms with Crippen LogP contribution in [0.4, 0.5) is 4.39 Å². The highest BCUT2D eigenvalue weighted by molar-refractivity contribution is 5.95. The number of amides is 1. The van der Waals surface area contributed by atoms with Crippen molar-refractivity contribution in [3.05, 3.63) is 23.5 Å². The molecule has 0 bridgehead atoms. The fourth-order valence-electron chi connectivity index (χ4n) is 1.59. The van der Waals surface area contributed by atoms with E-state index in [0.29, 0.717) is 12.3 Å². The average Bonchev–Trinajstić information content (AvgIpc) is 2.42. The Morgan fingerprint density at radius 3 is 2.42 bits per heavy atom. The number of hydrogen-bond acceptors (Lipinski definition) is 4. The lowest BCUT2D eigenvalue weighted by Crippen LogP contribution is -2.27. The molecule has 19 heavy (non-hydrogen) atoms. The molecule has 0 unspecified atom stereocenters. The molecular formula is C13H19FN2O3. The minimum absolute atomic E-state index is 0.0536. The summed E-state index contributed by atoms with van der Waals surface area (Å²) >= 11 is 0. The number of carbonyl (C=O) groups excluding carboxylic acids is 1. The van der Waals surface area contributed by atoms with Gasteiger partial charge in [-0.3, -0.25) is 4.79 Å². The lowest BCUT2D eigenvalue weighted by atomic mass is 10.1. The number of ether oxygens (including phenoxy) is 2. The van der Waals surface area contributed by atoms with E-state index in [0.717, 1.165) is 19.0 Å². The Balaban J connectivity index is 2.79. The predicted octanol–water partition coefficient (Wildman–Crippen LogP) is 1.18. The van der Waals surface area contributed by atoms with Crippen LogP contribution in [0.5, 0.6) is 11.5 Å². The maximum Gasteiger partial charge on any atom is 0.254 e. The van der Waals surface area contributed by atoms with Crippen molar-refractivity contribution >= 4 is 5.91 Å². The highest BCUT2D eigenvalue weighted by Gasteiger charge is 2.16. The summed E-state index contributed by atoms with van der Waals surface area (Å²) in [6.45, 7) is 1.27. The first-order chi connectivity index (χ1) is 9.13. The van der Waals surface area contributed by atoms with E-state index in [1.807, 2.05) is 7.05 Å². The van der Waals surface area contributed by atoms with Crippen LogP contribution in [0.15, 0.2) is 12.1 Å². The van der Waals surface area contributed by atoms with Crippen LogP contribution in [0.1, 0.15) is 16.8 Å². The third kappa shape index (κ3) is 4.10. The number of benzene rings is 1. The van der Waals surface area contributed by atoms with Crippen LogP contribution < -0.4 is 20.1 Å². The molecule has 1 rings (SSSR count). The molecule has 0 radical (unpaired) electrons. The molecule has 2 N–H and O–H groups in total. The van der Waals surface area contributed by atoms with Crippen molar-refractivity contribution in [2.24, 2.45) is 0 Å². The Bertz CT molecular complexity index is 438. The van der Waals surface area contributed by atoms with Crippen molar-refractivity contribution in [1.82, 2.24) is 10.6 Å². The molecule has 0 heterocycles. The van der Waals surface area contributed by atoms with Gasteiger partial charge in [0.2, 0.25) is 0 Å². The lowest BCUT2D eigenvalue weighted by molar-refractivity contribution is 0.0948. The van der Waals surface area contributed by atoms with E-state index in [1.165, 1.54) is 20.3 Å². The van der Waals surface area contributed by atoms with Crippen LogP contribution in [0, 0.1) is 5.82 Å². The van der Waals surface area contributed by atoms with Gasteiger partial charge >= 0.3 is 0 Å². The molecule has 5 nitrogen and oxygen atoms in total. The summed E-state index contributed by atoms with van der Waals surface area (Å²) in [6, 6.07) is 2.48. The van der Waals surface area contributed by atoms with Crippen LogP contribution in [-0.4, -0.2) is 40.3 Å². The van der Waals surface area contributed by atoms with Gasteiger partial charge in [-0.05, 0) is 26.1 Å². The molecule has 0 fully saturated rings. The Labute approximate surface area is 112 Å². The normalized spacial score (nSPS) is 10.1. The maximum absolute atomic E-state index is 13.8. The van der Waals surface area contributed by atoms with Crippen LogP contribution >= 0.6 is 0 Å². The van der Waals surface area contributed by atoms with Crippen LogP contribution in [0.2, 0.25) is 0 Å². The molecule has 0 aliphatic rings. The number of rotatable bonds is 7. The SMILES string of the molecule is CNCCCNC(=O)c1cc(OC)c(OC)cc1F. The van der Waals surface area contributed by atoms with E-state index in [1.54, 1.807) is 0 Å². The van der Waals surface area contributed by atoms with Crippen molar-refractivity contribution in [3.63, 3.8) is 0 Å². The molecule has 1 aromatic carbocycles. The first-order valence-electron chi connectivity index (χ1n) is 5.98. The minimum atomic E-state index is -0.635. The summed E-state index contributed by atoms with van der Waals surface area (Å²) in [5.74, 6) is -0.519. The zero-order valence-electron chi connectivity index (χ0n) is 11.4. The van der Waals surface area contributed by atoms with E-state index in [2.05, 4.69) is 10.6 Å². The van der Waals surface area contributed by atoms with Gasteiger partial charge in [-0.25, -0.2) is 4.39 Å². The van der Waals surface area contributed by atoms with Crippen LogP contribution in [-0.2, 0) is 0 Å².